The van der Waals surface area contributed by atoms with Gasteiger partial charge < -0.3 is 10.5 Å². The topological polar surface area (TPSA) is 38.5 Å². The van der Waals surface area contributed by atoms with Crippen LogP contribution in [0.1, 0.15) is 34.1 Å². The number of ether oxygens (including phenoxy) is 1. The molecule has 0 saturated carbocycles. The number of rotatable bonds is 4. The van der Waals surface area contributed by atoms with Crippen molar-refractivity contribution in [3.05, 3.63) is 0 Å². The van der Waals surface area contributed by atoms with Crippen LogP contribution < -0.4 is 5.73 Å². The van der Waals surface area contributed by atoms with Gasteiger partial charge in [-0.2, -0.15) is 0 Å². The highest BCUT2D eigenvalue weighted by Gasteiger charge is 2.27. The lowest BCUT2D eigenvalue weighted by atomic mass is 10.0. The molecule has 0 aromatic heterocycles. The van der Waals surface area contributed by atoms with Gasteiger partial charge in [-0.3, -0.25) is 4.90 Å². The molecule has 1 saturated heterocycles. The highest BCUT2D eigenvalue weighted by molar-refractivity contribution is 4.81. The van der Waals surface area contributed by atoms with Crippen LogP contribution in [0.4, 0.5) is 0 Å². The van der Waals surface area contributed by atoms with Gasteiger partial charge in [0, 0.05) is 25.2 Å². The second-order valence-electron chi connectivity index (χ2n) is 5.07. The van der Waals surface area contributed by atoms with Gasteiger partial charge in [0.2, 0.25) is 0 Å². The summed E-state index contributed by atoms with van der Waals surface area (Å²) in [5.41, 5.74) is 6.13. The molecular formula is C12H26N2O. The largest absolute Gasteiger partial charge is 0.376 e. The van der Waals surface area contributed by atoms with Crippen molar-refractivity contribution < 1.29 is 4.74 Å². The molecule has 0 amide bonds. The van der Waals surface area contributed by atoms with E-state index in [9.17, 15) is 0 Å². The monoisotopic (exact) mass is 214 g/mol. The molecule has 0 radical (unpaired) electrons. The number of nitrogens with zero attached hydrogens (tertiary/aromatic N) is 1. The molecule has 0 aromatic carbocycles. The predicted molar refractivity (Wildman–Crippen MR) is 63.9 cm³/mol. The van der Waals surface area contributed by atoms with Crippen molar-refractivity contribution in [1.82, 2.24) is 4.90 Å². The minimum absolute atomic E-state index is 0.282. The van der Waals surface area contributed by atoms with Crippen LogP contribution in [0.5, 0.6) is 0 Å². The van der Waals surface area contributed by atoms with E-state index in [2.05, 4.69) is 32.6 Å². The normalized spacial score (nSPS) is 30.8. The smallest absolute Gasteiger partial charge is 0.0674 e. The fourth-order valence-electron chi connectivity index (χ4n) is 1.99. The van der Waals surface area contributed by atoms with Crippen LogP contribution in [0.2, 0.25) is 0 Å². The minimum Gasteiger partial charge on any atom is -0.376 e. The van der Waals surface area contributed by atoms with Crippen molar-refractivity contribution in [2.45, 2.75) is 52.3 Å². The Hall–Kier alpha value is -0.120. The zero-order valence-corrected chi connectivity index (χ0v) is 10.6. The third-order valence-electron chi connectivity index (χ3n) is 3.35. The van der Waals surface area contributed by atoms with Gasteiger partial charge in [-0.1, -0.05) is 20.8 Å². The Morgan fingerprint density at radius 2 is 2.13 bits per heavy atom. The summed E-state index contributed by atoms with van der Waals surface area (Å²) in [6.45, 7) is 11.6. The minimum atomic E-state index is 0.282. The Bertz CT molecular complexity index is 184. The summed E-state index contributed by atoms with van der Waals surface area (Å²) in [7, 11) is 0. The Labute approximate surface area is 94.0 Å². The van der Waals surface area contributed by atoms with Crippen LogP contribution in [-0.2, 0) is 4.74 Å². The highest BCUT2D eigenvalue weighted by atomic mass is 16.5. The maximum absolute atomic E-state index is 6.13. The molecule has 1 heterocycles. The van der Waals surface area contributed by atoms with E-state index in [4.69, 9.17) is 10.5 Å². The van der Waals surface area contributed by atoms with Gasteiger partial charge in [-0.15, -0.1) is 0 Å². The average Bonchev–Trinajstić information content (AvgIpc) is 2.18. The van der Waals surface area contributed by atoms with Gasteiger partial charge in [-0.25, -0.2) is 0 Å². The number of nitrogens with two attached hydrogens (primary N) is 1. The van der Waals surface area contributed by atoms with E-state index in [0.29, 0.717) is 18.1 Å². The number of hydrogen-bond acceptors (Lipinski definition) is 3. The summed E-state index contributed by atoms with van der Waals surface area (Å²) in [6.07, 6.45) is 1.50. The molecule has 3 unspecified atom stereocenters. The second kappa shape index (κ2) is 5.83. The second-order valence-corrected chi connectivity index (χ2v) is 5.07. The molecule has 90 valence electrons. The predicted octanol–water partition coefficient (Wildman–Crippen LogP) is 1.47. The summed E-state index contributed by atoms with van der Waals surface area (Å²) in [5, 5.41) is 0. The zero-order chi connectivity index (χ0) is 11.4. The summed E-state index contributed by atoms with van der Waals surface area (Å²) >= 11 is 0. The van der Waals surface area contributed by atoms with Crippen molar-refractivity contribution in [2.75, 3.05) is 19.7 Å². The molecule has 0 aliphatic carbocycles. The SMILES string of the molecule is CCC1COC(C)CN1CC(N)C(C)C. The molecule has 3 atom stereocenters. The Morgan fingerprint density at radius 1 is 1.47 bits per heavy atom. The van der Waals surface area contributed by atoms with E-state index in [-0.39, 0.29) is 6.04 Å². The van der Waals surface area contributed by atoms with Crippen molar-refractivity contribution in [3.8, 4) is 0 Å². The molecule has 1 aliphatic heterocycles. The van der Waals surface area contributed by atoms with E-state index in [0.717, 1.165) is 26.1 Å². The average molecular weight is 214 g/mol. The quantitative estimate of drug-likeness (QED) is 0.770. The van der Waals surface area contributed by atoms with E-state index in [1.54, 1.807) is 0 Å². The summed E-state index contributed by atoms with van der Waals surface area (Å²) < 4.78 is 5.67. The van der Waals surface area contributed by atoms with Crippen LogP contribution >= 0.6 is 0 Å². The fraction of sp³-hybridized carbons (Fsp3) is 1.00. The van der Waals surface area contributed by atoms with Gasteiger partial charge in [0.1, 0.15) is 0 Å². The highest BCUT2D eigenvalue weighted by Crippen LogP contribution is 2.15. The van der Waals surface area contributed by atoms with Crippen LogP contribution in [0.3, 0.4) is 0 Å². The molecule has 0 spiro atoms. The van der Waals surface area contributed by atoms with Gasteiger partial charge in [-0.05, 0) is 19.3 Å². The lowest BCUT2D eigenvalue weighted by molar-refractivity contribution is -0.0585. The Morgan fingerprint density at radius 3 is 2.67 bits per heavy atom. The van der Waals surface area contributed by atoms with Crippen LogP contribution in [0, 0.1) is 5.92 Å². The molecule has 1 rings (SSSR count). The lowest BCUT2D eigenvalue weighted by Crippen LogP contribution is -2.53. The van der Waals surface area contributed by atoms with Crippen molar-refractivity contribution in [3.63, 3.8) is 0 Å². The first kappa shape index (κ1) is 12.9. The summed E-state index contributed by atoms with van der Waals surface area (Å²) in [6, 6.07) is 0.843. The summed E-state index contributed by atoms with van der Waals surface area (Å²) in [5.74, 6) is 0.556. The molecule has 0 bridgehead atoms. The van der Waals surface area contributed by atoms with E-state index in [1.807, 2.05) is 0 Å². The summed E-state index contributed by atoms with van der Waals surface area (Å²) in [4.78, 5) is 2.50. The molecule has 15 heavy (non-hydrogen) atoms. The first-order chi connectivity index (χ1) is 7.04. The van der Waals surface area contributed by atoms with E-state index >= 15 is 0 Å². The number of hydrogen-bond donors (Lipinski definition) is 1. The Balaban J connectivity index is 2.48. The van der Waals surface area contributed by atoms with Gasteiger partial charge in [0.15, 0.2) is 0 Å². The van der Waals surface area contributed by atoms with Crippen LogP contribution in [0.25, 0.3) is 0 Å². The van der Waals surface area contributed by atoms with Crippen molar-refractivity contribution >= 4 is 0 Å². The molecule has 0 aromatic rings. The first-order valence-electron chi connectivity index (χ1n) is 6.15. The third-order valence-corrected chi connectivity index (χ3v) is 3.35. The molecule has 3 nitrogen and oxygen atoms in total. The van der Waals surface area contributed by atoms with Gasteiger partial charge in [0.25, 0.3) is 0 Å². The van der Waals surface area contributed by atoms with E-state index in [1.165, 1.54) is 0 Å². The molecule has 3 heteroatoms. The standard InChI is InChI=1S/C12H26N2O/c1-5-11-8-15-10(4)6-14(11)7-12(13)9(2)3/h9-12H,5-8,13H2,1-4H3. The van der Waals surface area contributed by atoms with E-state index < -0.39 is 0 Å². The van der Waals surface area contributed by atoms with Crippen LogP contribution in [-0.4, -0.2) is 42.8 Å². The number of morpholine rings is 1. The molecule has 2 N–H and O–H groups in total. The van der Waals surface area contributed by atoms with Gasteiger partial charge >= 0.3 is 0 Å². The third kappa shape index (κ3) is 3.74. The first-order valence-corrected chi connectivity index (χ1v) is 6.15. The molecule has 1 fully saturated rings. The zero-order valence-electron chi connectivity index (χ0n) is 10.6. The maximum atomic E-state index is 6.13. The van der Waals surface area contributed by atoms with Crippen molar-refractivity contribution in [2.24, 2.45) is 11.7 Å². The Kier molecular flexibility index (Phi) is 5.03. The fourth-order valence-corrected chi connectivity index (χ4v) is 1.99. The maximum Gasteiger partial charge on any atom is 0.0674 e. The van der Waals surface area contributed by atoms with Gasteiger partial charge in [0.05, 0.1) is 12.7 Å². The lowest BCUT2D eigenvalue weighted by Gasteiger charge is -2.40. The van der Waals surface area contributed by atoms with Crippen LogP contribution in [0.15, 0.2) is 0 Å². The van der Waals surface area contributed by atoms with Crippen molar-refractivity contribution in [1.29, 1.82) is 0 Å². The molecule has 1 aliphatic rings. The molecular weight excluding hydrogens is 188 g/mol.